The van der Waals surface area contributed by atoms with Crippen LogP contribution in [-0.2, 0) is 6.54 Å². The first-order valence-electron chi connectivity index (χ1n) is 20.4. The lowest BCUT2D eigenvalue weighted by Gasteiger charge is -2.71. The van der Waals surface area contributed by atoms with Gasteiger partial charge in [0.05, 0.1) is 23.1 Å². The molecule has 6 aliphatic rings. The van der Waals surface area contributed by atoms with E-state index in [0.29, 0.717) is 25.1 Å². The summed E-state index contributed by atoms with van der Waals surface area (Å²) in [6, 6.07) is 34.0. The summed E-state index contributed by atoms with van der Waals surface area (Å²) in [5.41, 5.74) is -0.281. The summed E-state index contributed by atoms with van der Waals surface area (Å²) < 4.78 is 1.10. The second kappa shape index (κ2) is 12.7. The monoisotopic (exact) mass is 762 g/mol. The van der Waals surface area contributed by atoms with Gasteiger partial charge in [-0.3, -0.25) is 4.79 Å². The number of benzene rings is 4. The molecule has 1 heterocycles. The molecule has 2 amide bonds. The third-order valence-corrected chi connectivity index (χ3v) is 16.7. The SMILES string of the molecule is CC12CCC(O)CC13C=CC1(C(C(=O)c4cc5ccccc5s4)=C3)C2CCC2(C)C1CCC2(O)CN(Cc1cccc2ccccc12)C(=O)Nc1ccccc1. The van der Waals surface area contributed by atoms with Gasteiger partial charge < -0.3 is 20.4 Å². The highest BCUT2D eigenvalue weighted by molar-refractivity contribution is 7.21. The smallest absolute Gasteiger partial charge is 0.322 e. The first-order chi connectivity index (χ1) is 27.0. The lowest BCUT2D eigenvalue weighted by molar-refractivity contribution is -0.174. The first kappa shape index (κ1) is 35.8. The van der Waals surface area contributed by atoms with Gasteiger partial charge in [-0.15, -0.1) is 11.3 Å². The van der Waals surface area contributed by atoms with Crippen molar-refractivity contribution in [1.82, 2.24) is 4.90 Å². The maximum atomic E-state index is 15.2. The molecule has 0 aliphatic heterocycles. The van der Waals surface area contributed by atoms with Crippen LogP contribution in [0.3, 0.4) is 0 Å². The van der Waals surface area contributed by atoms with Crippen molar-refractivity contribution < 1.29 is 19.8 Å². The molecular weight excluding hydrogens is 713 g/mol. The Balaban J connectivity index is 1.06. The Kier molecular flexibility index (Phi) is 8.14. The average Bonchev–Trinajstić information content (AvgIpc) is 3.76. The number of Topliss-reactive ketones (excluding diaryl/α,β-unsaturated/α-hetero) is 1. The highest BCUT2D eigenvalue weighted by atomic mass is 32.1. The summed E-state index contributed by atoms with van der Waals surface area (Å²) in [4.78, 5) is 32.2. The number of aliphatic hydroxyl groups excluding tert-OH is 1. The van der Waals surface area contributed by atoms with Gasteiger partial charge in [-0.25, -0.2) is 4.79 Å². The summed E-state index contributed by atoms with van der Waals surface area (Å²) in [6.45, 7) is 5.18. The fourth-order valence-electron chi connectivity index (χ4n) is 12.7. The van der Waals surface area contributed by atoms with E-state index in [-0.39, 0.29) is 35.6 Å². The molecule has 2 spiro atoms. The highest BCUT2D eigenvalue weighted by Gasteiger charge is 2.74. The molecule has 5 aromatic rings. The van der Waals surface area contributed by atoms with Crippen LogP contribution >= 0.6 is 11.3 Å². The number of nitrogens with one attached hydrogen (secondary N) is 1. The molecular formula is C49H50N2O4S. The average molecular weight is 763 g/mol. The van der Waals surface area contributed by atoms with E-state index in [4.69, 9.17) is 0 Å². The predicted octanol–water partition coefficient (Wildman–Crippen LogP) is 10.6. The van der Waals surface area contributed by atoms with Crippen LogP contribution in [0.25, 0.3) is 20.9 Å². The van der Waals surface area contributed by atoms with Crippen LogP contribution < -0.4 is 5.32 Å². The number of hydrogen-bond donors (Lipinski definition) is 3. The third-order valence-electron chi connectivity index (χ3n) is 15.6. The van der Waals surface area contributed by atoms with E-state index < -0.39 is 27.9 Å². The largest absolute Gasteiger partial charge is 0.393 e. The van der Waals surface area contributed by atoms with Crippen LogP contribution in [0.15, 0.2) is 127 Å². The molecule has 0 saturated heterocycles. The van der Waals surface area contributed by atoms with Crippen molar-refractivity contribution in [3.05, 3.63) is 137 Å². The summed E-state index contributed by atoms with van der Waals surface area (Å²) in [7, 11) is 0. The zero-order valence-electron chi connectivity index (χ0n) is 32.2. The van der Waals surface area contributed by atoms with Gasteiger partial charge in [-0.05, 0) is 108 Å². The van der Waals surface area contributed by atoms with E-state index >= 15 is 4.79 Å². The van der Waals surface area contributed by atoms with Gasteiger partial charge in [0.25, 0.3) is 0 Å². The number of amides is 2. The first-order valence-corrected chi connectivity index (χ1v) is 21.3. The van der Waals surface area contributed by atoms with Gasteiger partial charge in [0, 0.05) is 38.8 Å². The summed E-state index contributed by atoms with van der Waals surface area (Å²) in [5.74, 6) is 0.263. The van der Waals surface area contributed by atoms with E-state index in [1.807, 2.05) is 65.6 Å². The molecule has 11 rings (SSSR count). The quantitative estimate of drug-likeness (QED) is 0.114. The van der Waals surface area contributed by atoms with E-state index in [1.165, 1.54) is 0 Å². The number of thiophene rings is 1. The molecule has 3 N–H and O–H groups in total. The van der Waals surface area contributed by atoms with E-state index in [2.05, 4.69) is 79.9 Å². The Morgan fingerprint density at radius 2 is 1.50 bits per heavy atom. The van der Waals surface area contributed by atoms with Crippen LogP contribution in [-0.4, -0.2) is 45.2 Å². The Morgan fingerprint density at radius 3 is 2.32 bits per heavy atom. The van der Waals surface area contributed by atoms with E-state index in [9.17, 15) is 15.0 Å². The zero-order valence-corrected chi connectivity index (χ0v) is 33.0. The molecule has 2 bridgehead atoms. The van der Waals surface area contributed by atoms with Gasteiger partial charge in [0.1, 0.15) is 0 Å². The van der Waals surface area contributed by atoms with Crippen molar-refractivity contribution in [1.29, 1.82) is 0 Å². The van der Waals surface area contributed by atoms with Gasteiger partial charge in [0.15, 0.2) is 5.78 Å². The second-order valence-corrected chi connectivity index (χ2v) is 19.2. The maximum absolute atomic E-state index is 15.2. The summed E-state index contributed by atoms with van der Waals surface area (Å²) in [5, 5.41) is 30.9. The van der Waals surface area contributed by atoms with Crippen molar-refractivity contribution in [2.45, 2.75) is 77.0 Å². The number of fused-ring (bicyclic) bond motifs is 3. The number of carbonyl (C=O) groups is 2. The molecule has 4 aromatic carbocycles. The lowest BCUT2D eigenvalue weighted by atomic mass is 9.32. The normalized spacial score (nSPS) is 34.1. The van der Waals surface area contributed by atoms with Crippen molar-refractivity contribution in [3.63, 3.8) is 0 Å². The Morgan fingerprint density at radius 1 is 0.804 bits per heavy atom. The molecule has 8 atom stereocenters. The van der Waals surface area contributed by atoms with Crippen molar-refractivity contribution >= 4 is 49.7 Å². The van der Waals surface area contributed by atoms with Gasteiger partial charge in [0.2, 0.25) is 0 Å². The molecule has 3 fully saturated rings. The number of allylic oxidation sites excluding steroid dienone is 4. The fourth-order valence-corrected chi connectivity index (χ4v) is 13.7. The molecule has 7 heteroatoms. The number of urea groups is 1. The van der Waals surface area contributed by atoms with Crippen LogP contribution in [0.4, 0.5) is 10.5 Å². The topological polar surface area (TPSA) is 89.9 Å². The number of anilines is 1. The van der Waals surface area contributed by atoms with Gasteiger partial charge in [-0.1, -0.05) is 111 Å². The Bertz CT molecular complexity index is 2420. The number of aliphatic hydroxyl groups is 2. The zero-order chi connectivity index (χ0) is 38.5. The standard InChI is InChI=1S/C49H50N2O4S/c1-45-22-19-36(52)28-47(45)25-26-49(38(29-47)43(53)40-27-33-12-7-9-18-39(33)56-40)41(45)20-23-46(2)42(49)21-24-48(46,55)31-51(44(54)50-35-15-4-3-5-16-35)30-34-14-10-13-32-11-6-8-17-37(32)34/h3-18,25-27,29,36,41-42,52,55H,19-24,28,30-31H2,1-2H3,(H,50,54). The van der Waals surface area contributed by atoms with Crippen molar-refractivity contribution in [3.8, 4) is 0 Å². The number of hydrogen-bond acceptors (Lipinski definition) is 5. The summed E-state index contributed by atoms with van der Waals surface area (Å²) >= 11 is 1.56. The molecule has 6 aliphatic carbocycles. The number of nitrogens with zero attached hydrogens (tertiary/aromatic N) is 1. The Labute approximate surface area is 332 Å². The molecule has 1 aromatic heterocycles. The minimum absolute atomic E-state index is 0.0156. The molecule has 0 radical (unpaired) electrons. The number of carbonyl (C=O) groups excluding carboxylic acids is 2. The number of para-hydroxylation sites is 1. The van der Waals surface area contributed by atoms with Crippen LogP contribution in [0, 0.1) is 33.5 Å². The molecule has 8 unspecified atom stereocenters. The van der Waals surface area contributed by atoms with Crippen LogP contribution in [0.2, 0.25) is 0 Å². The highest BCUT2D eigenvalue weighted by Crippen LogP contribution is 2.78. The van der Waals surface area contributed by atoms with E-state index in [0.717, 1.165) is 69.0 Å². The second-order valence-electron chi connectivity index (χ2n) is 18.1. The van der Waals surface area contributed by atoms with Gasteiger partial charge >= 0.3 is 6.03 Å². The lowest BCUT2D eigenvalue weighted by Crippen LogP contribution is -2.67. The fraction of sp³-hybridized carbons (Fsp3) is 0.388. The molecule has 286 valence electrons. The number of rotatable bonds is 7. The van der Waals surface area contributed by atoms with Crippen molar-refractivity contribution in [2.75, 3.05) is 11.9 Å². The summed E-state index contributed by atoms with van der Waals surface area (Å²) in [6.07, 6.45) is 11.9. The van der Waals surface area contributed by atoms with E-state index in [1.54, 1.807) is 11.3 Å². The third kappa shape index (κ3) is 5.06. The maximum Gasteiger partial charge on any atom is 0.322 e. The molecule has 6 nitrogen and oxygen atoms in total. The molecule has 3 saturated carbocycles. The van der Waals surface area contributed by atoms with Crippen LogP contribution in [0.1, 0.15) is 74.0 Å². The Hall–Kier alpha value is -4.56. The predicted molar refractivity (Wildman–Crippen MR) is 225 cm³/mol. The minimum atomic E-state index is -1.20. The molecule has 56 heavy (non-hydrogen) atoms. The number of ketones is 1. The van der Waals surface area contributed by atoms with Crippen molar-refractivity contribution in [2.24, 2.45) is 33.5 Å². The van der Waals surface area contributed by atoms with Crippen LogP contribution in [0.5, 0.6) is 0 Å². The van der Waals surface area contributed by atoms with Gasteiger partial charge in [-0.2, -0.15) is 0 Å². The minimum Gasteiger partial charge on any atom is -0.393 e.